The minimum atomic E-state index is -0.948. The molecule has 0 bridgehead atoms. The van der Waals surface area contributed by atoms with Crippen molar-refractivity contribution < 1.29 is 14.7 Å². The standard InChI is InChI=1S/C33H33ClN8O3/c1-40-20-35-18-30(40)21-3-6-25(7-4-21)38-32(44)28(39-33(45)29-10-13-37-41(29)2)16-24-15-22(5-8-27(24)34)23-9-12-36-31(17-23)42-14-11-26(42)19-43/h3-10,12-13,15,17-18,20,26,28,43H,11,14,16,19H2,1-2H3,(H,38,44)(H,39,45)/t26-,28?/m0/s1. The van der Waals surface area contributed by atoms with Gasteiger partial charge < -0.3 is 25.2 Å². The maximum Gasteiger partial charge on any atom is 0.270 e. The Morgan fingerprint density at radius 3 is 2.47 bits per heavy atom. The largest absolute Gasteiger partial charge is 0.394 e. The van der Waals surface area contributed by atoms with Crippen molar-refractivity contribution in [3.8, 4) is 22.4 Å². The molecule has 1 unspecified atom stereocenters. The predicted molar refractivity (Wildman–Crippen MR) is 173 cm³/mol. The molecule has 0 radical (unpaired) electrons. The first kappa shape index (κ1) is 30.0. The lowest BCUT2D eigenvalue weighted by atomic mass is 9.98. The molecule has 1 aliphatic heterocycles. The van der Waals surface area contributed by atoms with E-state index in [2.05, 4.69) is 30.6 Å². The van der Waals surface area contributed by atoms with E-state index in [9.17, 15) is 14.7 Å². The van der Waals surface area contributed by atoms with Crippen LogP contribution in [0.5, 0.6) is 0 Å². The van der Waals surface area contributed by atoms with Crippen LogP contribution in [0.4, 0.5) is 11.5 Å². The van der Waals surface area contributed by atoms with Crippen LogP contribution in [0.2, 0.25) is 5.02 Å². The number of hydrogen-bond donors (Lipinski definition) is 3. The normalized spacial score (nSPS) is 14.9. The number of aliphatic hydroxyl groups excluding tert-OH is 1. The van der Waals surface area contributed by atoms with Crippen LogP contribution in [0.25, 0.3) is 22.4 Å². The number of nitrogens with zero attached hydrogens (tertiary/aromatic N) is 6. The first-order chi connectivity index (χ1) is 21.8. The van der Waals surface area contributed by atoms with Gasteiger partial charge in [0.05, 0.1) is 30.9 Å². The number of hydrogen-bond acceptors (Lipinski definition) is 7. The molecule has 2 aromatic carbocycles. The van der Waals surface area contributed by atoms with Crippen molar-refractivity contribution in [1.29, 1.82) is 0 Å². The fourth-order valence-electron chi connectivity index (χ4n) is 5.45. The number of benzene rings is 2. The number of anilines is 2. The highest BCUT2D eigenvalue weighted by Gasteiger charge is 2.29. The summed E-state index contributed by atoms with van der Waals surface area (Å²) in [4.78, 5) is 37.7. The van der Waals surface area contributed by atoms with Crippen LogP contribution in [-0.4, -0.2) is 66.5 Å². The SMILES string of the molecule is Cn1cncc1-c1ccc(NC(=O)C(Cc2cc(-c3ccnc(N4CC[C@H]4CO)c3)ccc2Cl)NC(=O)c2ccnn2C)cc1. The van der Waals surface area contributed by atoms with Gasteiger partial charge in [-0.25, -0.2) is 9.97 Å². The van der Waals surface area contributed by atoms with Gasteiger partial charge in [0.2, 0.25) is 5.91 Å². The van der Waals surface area contributed by atoms with Crippen molar-refractivity contribution >= 4 is 34.9 Å². The molecular formula is C33H33ClN8O3. The maximum atomic E-state index is 13.7. The molecule has 45 heavy (non-hydrogen) atoms. The van der Waals surface area contributed by atoms with Gasteiger partial charge in [-0.15, -0.1) is 0 Å². The number of amides is 2. The summed E-state index contributed by atoms with van der Waals surface area (Å²) in [5.74, 6) is -0.0237. The van der Waals surface area contributed by atoms with Gasteiger partial charge >= 0.3 is 0 Å². The molecule has 0 saturated carbocycles. The number of carbonyl (C=O) groups excluding carboxylic acids is 2. The Morgan fingerprint density at radius 2 is 1.80 bits per heavy atom. The summed E-state index contributed by atoms with van der Waals surface area (Å²) in [6.45, 7) is 0.923. The molecule has 1 fully saturated rings. The highest BCUT2D eigenvalue weighted by molar-refractivity contribution is 6.31. The number of pyridine rings is 1. The number of carbonyl (C=O) groups is 2. The molecule has 1 aliphatic rings. The number of rotatable bonds is 10. The van der Waals surface area contributed by atoms with E-state index in [-0.39, 0.29) is 25.0 Å². The van der Waals surface area contributed by atoms with Crippen LogP contribution in [0, 0.1) is 0 Å². The van der Waals surface area contributed by atoms with Crippen LogP contribution in [0.3, 0.4) is 0 Å². The number of aromatic nitrogens is 5. The zero-order chi connectivity index (χ0) is 31.5. The van der Waals surface area contributed by atoms with Crippen LogP contribution >= 0.6 is 11.6 Å². The summed E-state index contributed by atoms with van der Waals surface area (Å²) in [5.41, 5.74) is 5.33. The molecule has 2 atom stereocenters. The summed E-state index contributed by atoms with van der Waals surface area (Å²) in [6, 6.07) is 17.7. The van der Waals surface area contributed by atoms with E-state index in [1.807, 2.05) is 60.1 Å². The van der Waals surface area contributed by atoms with Crippen LogP contribution in [-0.2, 0) is 25.3 Å². The Morgan fingerprint density at radius 1 is 1.02 bits per heavy atom. The van der Waals surface area contributed by atoms with Crippen molar-refractivity contribution in [3.05, 3.63) is 102 Å². The topological polar surface area (TPSA) is 130 Å². The smallest absolute Gasteiger partial charge is 0.270 e. The molecular weight excluding hydrogens is 592 g/mol. The van der Waals surface area contributed by atoms with E-state index in [1.165, 1.54) is 10.9 Å². The lowest BCUT2D eigenvalue weighted by molar-refractivity contribution is -0.118. The van der Waals surface area contributed by atoms with Gasteiger partial charge in [0.1, 0.15) is 17.6 Å². The Hall–Kier alpha value is -5.00. The first-order valence-corrected chi connectivity index (χ1v) is 15.0. The first-order valence-electron chi connectivity index (χ1n) is 14.6. The monoisotopic (exact) mass is 624 g/mol. The van der Waals surface area contributed by atoms with Gasteiger partial charge in [0.15, 0.2) is 0 Å². The number of aliphatic hydroxyl groups is 1. The molecule has 3 N–H and O–H groups in total. The maximum absolute atomic E-state index is 13.7. The van der Waals surface area contributed by atoms with Crippen LogP contribution in [0.15, 0.2) is 85.6 Å². The van der Waals surface area contributed by atoms with Crippen molar-refractivity contribution in [1.82, 2.24) is 29.6 Å². The molecule has 3 aromatic heterocycles. The van der Waals surface area contributed by atoms with E-state index >= 15 is 0 Å². The lowest BCUT2D eigenvalue weighted by Crippen LogP contribution is -2.50. The van der Waals surface area contributed by atoms with Gasteiger partial charge in [-0.2, -0.15) is 5.10 Å². The minimum Gasteiger partial charge on any atom is -0.394 e. The van der Waals surface area contributed by atoms with Gasteiger partial charge in [0, 0.05) is 50.2 Å². The Balaban J connectivity index is 1.25. The second-order valence-electron chi connectivity index (χ2n) is 11.1. The fourth-order valence-corrected chi connectivity index (χ4v) is 5.64. The molecule has 6 rings (SSSR count). The zero-order valence-electron chi connectivity index (χ0n) is 24.9. The average Bonchev–Trinajstić information content (AvgIpc) is 3.65. The van der Waals surface area contributed by atoms with Gasteiger partial charge in [0.25, 0.3) is 5.91 Å². The summed E-state index contributed by atoms with van der Waals surface area (Å²) in [6.07, 6.45) is 7.85. The number of halogens is 1. The molecule has 4 heterocycles. The summed E-state index contributed by atoms with van der Waals surface area (Å²) in [5, 5.41) is 20.0. The van der Waals surface area contributed by atoms with E-state index < -0.39 is 11.9 Å². The molecule has 1 saturated heterocycles. The number of imidazole rings is 1. The van der Waals surface area contributed by atoms with Crippen molar-refractivity contribution in [2.45, 2.75) is 24.9 Å². The second kappa shape index (κ2) is 12.9. The van der Waals surface area contributed by atoms with Crippen LogP contribution < -0.4 is 15.5 Å². The molecule has 2 amide bonds. The van der Waals surface area contributed by atoms with Gasteiger partial charge in [-0.3, -0.25) is 14.3 Å². The Labute approximate surface area is 265 Å². The molecule has 5 aromatic rings. The molecule has 12 heteroatoms. The van der Waals surface area contributed by atoms with Crippen LogP contribution in [0.1, 0.15) is 22.5 Å². The average molecular weight is 625 g/mol. The van der Waals surface area contributed by atoms with E-state index in [0.717, 1.165) is 41.2 Å². The summed E-state index contributed by atoms with van der Waals surface area (Å²) < 4.78 is 3.37. The third-order valence-electron chi connectivity index (χ3n) is 8.14. The highest BCUT2D eigenvalue weighted by atomic mass is 35.5. The highest BCUT2D eigenvalue weighted by Crippen LogP contribution is 2.31. The molecule has 230 valence electrons. The third kappa shape index (κ3) is 6.45. The molecule has 0 aliphatic carbocycles. The van der Waals surface area contributed by atoms with Gasteiger partial charge in [-0.05, 0) is 71.1 Å². The molecule has 11 nitrogen and oxygen atoms in total. The minimum absolute atomic E-state index is 0.0715. The van der Waals surface area contributed by atoms with Gasteiger partial charge in [-0.1, -0.05) is 29.8 Å². The molecule has 0 spiro atoms. The predicted octanol–water partition coefficient (Wildman–Crippen LogP) is 4.09. The fraction of sp³-hybridized carbons (Fsp3) is 0.242. The Bertz CT molecular complexity index is 1830. The zero-order valence-corrected chi connectivity index (χ0v) is 25.6. The van der Waals surface area contributed by atoms with Crippen molar-refractivity contribution in [3.63, 3.8) is 0 Å². The third-order valence-corrected chi connectivity index (χ3v) is 8.51. The van der Waals surface area contributed by atoms with E-state index in [4.69, 9.17) is 11.6 Å². The van der Waals surface area contributed by atoms with E-state index in [0.29, 0.717) is 22.0 Å². The van der Waals surface area contributed by atoms with Crippen molar-refractivity contribution in [2.24, 2.45) is 14.1 Å². The number of nitrogens with one attached hydrogen (secondary N) is 2. The number of aryl methyl sites for hydroxylation is 2. The van der Waals surface area contributed by atoms with E-state index in [1.54, 1.807) is 37.9 Å². The second-order valence-corrected chi connectivity index (χ2v) is 11.5. The summed E-state index contributed by atoms with van der Waals surface area (Å²) >= 11 is 6.67. The Kier molecular flexibility index (Phi) is 8.63. The lowest BCUT2D eigenvalue weighted by Gasteiger charge is -2.41. The van der Waals surface area contributed by atoms with Crippen molar-refractivity contribution in [2.75, 3.05) is 23.4 Å². The quantitative estimate of drug-likeness (QED) is 0.213. The summed E-state index contributed by atoms with van der Waals surface area (Å²) in [7, 11) is 3.58.